The van der Waals surface area contributed by atoms with Gasteiger partial charge in [-0.3, -0.25) is 4.99 Å². The van der Waals surface area contributed by atoms with E-state index in [1.54, 1.807) is 18.9 Å². The van der Waals surface area contributed by atoms with Gasteiger partial charge in [-0.25, -0.2) is 0 Å². The van der Waals surface area contributed by atoms with E-state index in [4.69, 9.17) is 4.74 Å². The maximum absolute atomic E-state index is 5.42. The predicted molar refractivity (Wildman–Crippen MR) is 128 cm³/mol. The molecule has 1 aliphatic carbocycles. The summed E-state index contributed by atoms with van der Waals surface area (Å²) in [5.41, 5.74) is 2.41. The molecular formula is C23H36N6OS. The summed E-state index contributed by atoms with van der Waals surface area (Å²) in [6, 6.07) is 6.94. The molecule has 31 heavy (non-hydrogen) atoms. The number of nitrogens with zero attached hydrogens (tertiary/aromatic N) is 4. The molecule has 0 unspecified atom stereocenters. The lowest BCUT2D eigenvalue weighted by atomic mass is 10.1. The number of guanidine groups is 1. The number of thioether (sulfide) groups is 1. The zero-order valence-corrected chi connectivity index (χ0v) is 20.1. The molecule has 0 saturated heterocycles. The zero-order valence-electron chi connectivity index (χ0n) is 19.3. The number of methoxy groups -OCH3 is 1. The van der Waals surface area contributed by atoms with Gasteiger partial charge in [0.1, 0.15) is 11.6 Å². The van der Waals surface area contributed by atoms with Crippen molar-refractivity contribution >= 4 is 17.7 Å². The van der Waals surface area contributed by atoms with E-state index < -0.39 is 0 Å². The lowest BCUT2D eigenvalue weighted by Crippen LogP contribution is -2.38. The van der Waals surface area contributed by atoms with E-state index in [0.717, 1.165) is 60.6 Å². The molecule has 1 heterocycles. The van der Waals surface area contributed by atoms with Crippen molar-refractivity contribution in [1.82, 2.24) is 25.4 Å². The second-order valence-corrected chi connectivity index (χ2v) is 8.77. The average Bonchev–Trinajstić information content (AvgIpc) is 3.45. The molecule has 2 N–H and O–H groups in total. The van der Waals surface area contributed by atoms with Gasteiger partial charge >= 0.3 is 0 Å². The summed E-state index contributed by atoms with van der Waals surface area (Å²) >= 11 is 1.70. The molecule has 0 aliphatic heterocycles. The third-order valence-electron chi connectivity index (χ3n) is 5.88. The van der Waals surface area contributed by atoms with Crippen molar-refractivity contribution in [3.05, 3.63) is 35.2 Å². The number of aliphatic imine (C=N–C) groups is 1. The van der Waals surface area contributed by atoms with Crippen molar-refractivity contribution in [3.63, 3.8) is 0 Å². The standard InChI is InChI=1S/C23H36N6OS/c1-17-11-12-18(16-20(17)30-3)13-15-26-22(24-2)25-14-7-10-21-27-28-23(31-4)29(21)19-8-5-6-9-19/h11-12,16,19H,5-10,13-15H2,1-4H3,(H2,24,25,26). The van der Waals surface area contributed by atoms with Crippen molar-refractivity contribution in [2.75, 3.05) is 33.5 Å². The molecule has 0 spiro atoms. The van der Waals surface area contributed by atoms with Crippen molar-refractivity contribution < 1.29 is 4.74 Å². The van der Waals surface area contributed by atoms with Gasteiger partial charge in [0, 0.05) is 32.6 Å². The molecule has 1 aromatic heterocycles. The molecule has 170 valence electrons. The summed E-state index contributed by atoms with van der Waals surface area (Å²) in [7, 11) is 3.53. The molecule has 1 aromatic carbocycles. The Morgan fingerprint density at radius 3 is 2.68 bits per heavy atom. The SMILES string of the molecule is CN=C(NCCCc1nnc(SC)n1C1CCCC1)NCCc1ccc(C)c(OC)c1. The summed E-state index contributed by atoms with van der Waals surface area (Å²) in [6.07, 6.45) is 10.1. The van der Waals surface area contributed by atoms with Gasteiger partial charge in [0.2, 0.25) is 0 Å². The lowest BCUT2D eigenvalue weighted by molar-refractivity contribution is 0.411. The number of hydrogen-bond donors (Lipinski definition) is 2. The van der Waals surface area contributed by atoms with Gasteiger partial charge in [0.05, 0.1) is 7.11 Å². The lowest BCUT2D eigenvalue weighted by Gasteiger charge is -2.16. The molecule has 0 bridgehead atoms. The summed E-state index contributed by atoms with van der Waals surface area (Å²) in [5, 5.41) is 16.8. The first kappa shape index (κ1) is 23.4. The number of nitrogens with one attached hydrogen (secondary N) is 2. The first-order valence-electron chi connectivity index (χ1n) is 11.2. The van der Waals surface area contributed by atoms with E-state index in [1.807, 2.05) is 7.05 Å². The zero-order chi connectivity index (χ0) is 22.1. The third kappa shape index (κ3) is 6.38. The normalized spacial score (nSPS) is 14.8. The molecule has 7 nitrogen and oxygen atoms in total. The predicted octanol–water partition coefficient (Wildman–Crippen LogP) is 3.77. The van der Waals surface area contributed by atoms with Gasteiger partial charge in [-0.2, -0.15) is 0 Å². The first-order chi connectivity index (χ1) is 15.2. The summed E-state index contributed by atoms with van der Waals surface area (Å²) in [4.78, 5) is 4.34. The number of aryl methyl sites for hydroxylation is 2. The van der Waals surface area contributed by atoms with Crippen LogP contribution >= 0.6 is 11.8 Å². The average molecular weight is 445 g/mol. The largest absolute Gasteiger partial charge is 0.496 e. The van der Waals surface area contributed by atoms with Crippen LogP contribution in [0, 0.1) is 6.92 Å². The molecule has 1 aliphatic rings. The van der Waals surface area contributed by atoms with E-state index >= 15 is 0 Å². The maximum Gasteiger partial charge on any atom is 0.191 e. The number of ether oxygens (including phenoxy) is 1. The van der Waals surface area contributed by atoms with Crippen LogP contribution in [0.3, 0.4) is 0 Å². The molecule has 0 radical (unpaired) electrons. The molecule has 8 heteroatoms. The van der Waals surface area contributed by atoms with Gasteiger partial charge in [-0.1, -0.05) is 36.7 Å². The molecule has 0 amide bonds. The monoisotopic (exact) mass is 444 g/mol. The Balaban J connectivity index is 1.42. The van der Waals surface area contributed by atoms with Crippen LogP contribution in [0.15, 0.2) is 28.3 Å². The van der Waals surface area contributed by atoms with Gasteiger partial charge < -0.3 is 19.9 Å². The Bertz CT molecular complexity index is 860. The highest BCUT2D eigenvalue weighted by Gasteiger charge is 2.23. The molecule has 1 fully saturated rings. The Labute approximate surface area is 190 Å². The second kappa shape index (κ2) is 12.0. The van der Waals surface area contributed by atoms with E-state index in [2.05, 4.69) is 61.8 Å². The Morgan fingerprint density at radius 1 is 1.19 bits per heavy atom. The van der Waals surface area contributed by atoms with Crippen LogP contribution in [0.4, 0.5) is 0 Å². The summed E-state index contributed by atoms with van der Waals surface area (Å²) < 4.78 is 7.81. The quantitative estimate of drug-likeness (QED) is 0.251. The van der Waals surface area contributed by atoms with Gasteiger partial charge in [0.15, 0.2) is 11.1 Å². The smallest absolute Gasteiger partial charge is 0.191 e. The number of aromatic nitrogens is 3. The first-order valence-corrected chi connectivity index (χ1v) is 12.4. The van der Waals surface area contributed by atoms with Crippen LogP contribution < -0.4 is 15.4 Å². The highest BCUT2D eigenvalue weighted by atomic mass is 32.2. The van der Waals surface area contributed by atoms with Gasteiger partial charge in [-0.15, -0.1) is 10.2 Å². The van der Waals surface area contributed by atoms with Gasteiger partial charge in [-0.05, 0) is 56.1 Å². The Morgan fingerprint density at radius 2 is 1.97 bits per heavy atom. The van der Waals surface area contributed by atoms with E-state index in [9.17, 15) is 0 Å². The minimum Gasteiger partial charge on any atom is -0.496 e. The van der Waals surface area contributed by atoms with Crippen LogP contribution in [-0.4, -0.2) is 54.2 Å². The fraction of sp³-hybridized carbons (Fsp3) is 0.609. The fourth-order valence-electron chi connectivity index (χ4n) is 4.17. The van der Waals surface area contributed by atoms with E-state index in [0.29, 0.717) is 6.04 Å². The molecule has 1 saturated carbocycles. The third-order valence-corrected chi connectivity index (χ3v) is 6.52. The van der Waals surface area contributed by atoms with Crippen LogP contribution in [0.25, 0.3) is 0 Å². The molecular weight excluding hydrogens is 408 g/mol. The van der Waals surface area contributed by atoms with Crippen LogP contribution in [-0.2, 0) is 12.8 Å². The summed E-state index contributed by atoms with van der Waals surface area (Å²) in [5.74, 6) is 2.89. The second-order valence-electron chi connectivity index (χ2n) is 7.99. The highest BCUT2D eigenvalue weighted by molar-refractivity contribution is 7.98. The summed E-state index contributed by atoms with van der Waals surface area (Å²) in [6.45, 7) is 3.73. The van der Waals surface area contributed by atoms with Crippen LogP contribution in [0.1, 0.15) is 55.1 Å². The number of rotatable bonds is 10. The molecule has 2 aromatic rings. The van der Waals surface area contributed by atoms with Crippen molar-refractivity contribution in [1.29, 1.82) is 0 Å². The molecule has 0 atom stereocenters. The number of benzene rings is 1. The Kier molecular flexibility index (Phi) is 9.06. The fourth-order valence-corrected chi connectivity index (χ4v) is 4.74. The Hall–Kier alpha value is -2.22. The van der Waals surface area contributed by atoms with Crippen LogP contribution in [0.2, 0.25) is 0 Å². The highest BCUT2D eigenvalue weighted by Crippen LogP contribution is 2.33. The van der Waals surface area contributed by atoms with Crippen LogP contribution in [0.5, 0.6) is 5.75 Å². The van der Waals surface area contributed by atoms with Crippen molar-refractivity contribution in [2.24, 2.45) is 4.99 Å². The maximum atomic E-state index is 5.42. The van der Waals surface area contributed by atoms with Crippen molar-refractivity contribution in [2.45, 2.75) is 63.1 Å². The molecule has 3 rings (SSSR count). The van der Waals surface area contributed by atoms with E-state index in [-0.39, 0.29) is 0 Å². The minimum absolute atomic E-state index is 0.579. The topological polar surface area (TPSA) is 76.4 Å². The van der Waals surface area contributed by atoms with E-state index in [1.165, 1.54) is 31.2 Å². The van der Waals surface area contributed by atoms with Gasteiger partial charge in [0.25, 0.3) is 0 Å². The minimum atomic E-state index is 0.579. The number of hydrogen-bond acceptors (Lipinski definition) is 5. The van der Waals surface area contributed by atoms with Crippen molar-refractivity contribution in [3.8, 4) is 5.75 Å².